The van der Waals surface area contributed by atoms with E-state index in [1.165, 1.54) is 5.56 Å². The van der Waals surface area contributed by atoms with Crippen molar-refractivity contribution >= 4 is 33.0 Å². The highest BCUT2D eigenvalue weighted by Crippen LogP contribution is 2.31. The van der Waals surface area contributed by atoms with Gasteiger partial charge in [0.15, 0.2) is 0 Å². The van der Waals surface area contributed by atoms with Crippen molar-refractivity contribution in [3.8, 4) is 22.8 Å². The summed E-state index contributed by atoms with van der Waals surface area (Å²) in [6.07, 6.45) is 3.51. The van der Waals surface area contributed by atoms with Crippen molar-refractivity contribution in [3.05, 3.63) is 54.2 Å². The lowest BCUT2D eigenvalue weighted by molar-refractivity contribution is -0.120. The molecule has 1 saturated heterocycles. The molecule has 8 nitrogen and oxygen atoms in total. The minimum Gasteiger partial charge on any atom is -0.497 e. The van der Waals surface area contributed by atoms with Crippen molar-refractivity contribution in [1.29, 1.82) is 0 Å². The van der Waals surface area contributed by atoms with E-state index in [1.54, 1.807) is 43.8 Å². The molecule has 2 aromatic carbocycles. The molecule has 176 valence electrons. The molecule has 0 aliphatic carbocycles. The van der Waals surface area contributed by atoms with Gasteiger partial charge in [-0.2, -0.15) is 0 Å². The number of anilines is 2. The molecule has 1 amide bonds. The molecule has 3 heterocycles. The van der Waals surface area contributed by atoms with Crippen LogP contribution in [0.4, 0.5) is 10.8 Å². The topological polar surface area (TPSA) is 81.0 Å². The van der Waals surface area contributed by atoms with E-state index in [4.69, 9.17) is 19.6 Å². The molecule has 5 rings (SSSR count). The minimum absolute atomic E-state index is 0.0200. The number of aromatic nitrogens is 3. The number of nitrogens with one attached hydrogen (secondary N) is 1. The number of piperidine rings is 1. The number of nitrogens with zero attached hydrogens (tertiary/aromatic N) is 4. The Morgan fingerprint density at radius 3 is 2.35 bits per heavy atom. The summed E-state index contributed by atoms with van der Waals surface area (Å²) >= 11 is 1.58. The van der Waals surface area contributed by atoms with Crippen molar-refractivity contribution in [2.45, 2.75) is 19.8 Å². The van der Waals surface area contributed by atoms with Crippen molar-refractivity contribution in [1.82, 2.24) is 14.6 Å². The molecule has 0 atom stereocenters. The van der Waals surface area contributed by atoms with Crippen molar-refractivity contribution in [3.63, 3.8) is 0 Å². The van der Waals surface area contributed by atoms with Crippen molar-refractivity contribution in [2.24, 2.45) is 5.92 Å². The van der Waals surface area contributed by atoms with Crippen LogP contribution in [0.1, 0.15) is 18.4 Å². The first kappa shape index (κ1) is 22.2. The molecule has 0 spiro atoms. The van der Waals surface area contributed by atoms with Crippen LogP contribution < -0.4 is 19.7 Å². The largest absolute Gasteiger partial charge is 0.497 e. The number of imidazole rings is 1. The molecule has 4 aromatic rings. The van der Waals surface area contributed by atoms with Crippen molar-refractivity contribution in [2.75, 3.05) is 37.5 Å². The number of aryl methyl sites for hydroxylation is 1. The fourth-order valence-electron chi connectivity index (χ4n) is 4.14. The molecule has 1 fully saturated rings. The Hall–Kier alpha value is -3.59. The Labute approximate surface area is 202 Å². The standard InChI is InChI=1S/C25H27N5O3S/c1-16-4-6-17(7-5-16)22-15-30-24(27-22)34-25(28-30)29-10-8-18(9-11-29)23(31)26-19-12-20(32-2)14-21(13-19)33-3/h4-7,12-15,18H,8-11H2,1-3H3,(H,26,31). The van der Waals surface area contributed by atoms with E-state index < -0.39 is 0 Å². The van der Waals surface area contributed by atoms with E-state index in [9.17, 15) is 4.79 Å². The Bertz CT molecular complexity index is 1250. The van der Waals surface area contributed by atoms with E-state index in [1.807, 2.05) is 10.7 Å². The van der Waals surface area contributed by atoms with Crippen LogP contribution in [-0.2, 0) is 4.79 Å². The number of hydrogen-bond donors (Lipinski definition) is 1. The van der Waals surface area contributed by atoms with Gasteiger partial charge in [-0.15, -0.1) is 5.10 Å². The number of hydrogen-bond acceptors (Lipinski definition) is 7. The van der Waals surface area contributed by atoms with Crippen LogP contribution >= 0.6 is 11.3 Å². The molecule has 0 radical (unpaired) electrons. The van der Waals surface area contributed by atoms with E-state index >= 15 is 0 Å². The van der Waals surface area contributed by atoms with Gasteiger partial charge in [0, 0.05) is 48.5 Å². The number of ether oxygens (including phenoxy) is 2. The van der Waals surface area contributed by atoms with E-state index in [-0.39, 0.29) is 11.8 Å². The number of amides is 1. The zero-order valence-corrected chi connectivity index (χ0v) is 20.3. The summed E-state index contributed by atoms with van der Waals surface area (Å²) in [4.78, 5) is 20.7. The lowest BCUT2D eigenvalue weighted by Gasteiger charge is -2.30. The lowest BCUT2D eigenvalue weighted by atomic mass is 9.96. The monoisotopic (exact) mass is 477 g/mol. The first-order chi connectivity index (χ1) is 16.5. The SMILES string of the molecule is COc1cc(NC(=O)C2CCN(c3nn4cc(-c5ccc(C)cc5)nc4s3)CC2)cc(OC)c1. The number of rotatable bonds is 6. The van der Waals surface area contributed by atoms with Crippen molar-refractivity contribution < 1.29 is 14.3 Å². The van der Waals surface area contributed by atoms with E-state index in [0.29, 0.717) is 17.2 Å². The quantitative estimate of drug-likeness (QED) is 0.436. The highest BCUT2D eigenvalue weighted by atomic mass is 32.1. The van der Waals surface area contributed by atoms with Crippen LogP contribution in [0.3, 0.4) is 0 Å². The molecule has 0 saturated carbocycles. The lowest BCUT2D eigenvalue weighted by Crippen LogP contribution is -2.38. The van der Waals surface area contributed by atoms with Gasteiger partial charge in [-0.3, -0.25) is 4.79 Å². The molecular weight excluding hydrogens is 450 g/mol. The molecule has 2 aromatic heterocycles. The predicted octanol–water partition coefficient (Wildman–Crippen LogP) is 4.64. The van der Waals surface area contributed by atoms with Gasteiger partial charge < -0.3 is 19.7 Å². The second-order valence-electron chi connectivity index (χ2n) is 8.46. The summed E-state index contributed by atoms with van der Waals surface area (Å²) in [5, 5.41) is 8.70. The summed E-state index contributed by atoms with van der Waals surface area (Å²) < 4.78 is 12.4. The summed E-state index contributed by atoms with van der Waals surface area (Å²) in [5.74, 6) is 1.25. The maximum absolute atomic E-state index is 12.9. The smallest absolute Gasteiger partial charge is 0.227 e. The second kappa shape index (κ2) is 9.34. The Balaban J connectivity index is 1.21. The Morgan fingerprint density at radius 1 is 1.06 bits per heavy atom. The number of carbonyl (C=O) groups is 1. The summed E-state index contributed by atoms with van der Waals surface area (Å²) in [7, 11) is 3.19. The molecule has 9 heteroatoms. The zero-order chi connectivity index (χ0) is 23.7. The Morgan fingerprint density at radius 2 is 1.74 bits per heavy atom. The van der Waals surface area contributed by atoms with Gasteiger partial charge in [0.2, 0.25) is 16.0 Å². The van der Waals surface area contributed by atoms with Gasteiger partial charge in [-0.25, -0.2) is 9.50 Å². The Kier molecular flexibility index (Phi) is 6.10. The number of benzene rings is 2. The molecule has 1 aliphatic heterocycles. The number of fused-ring (bicyclic) bond motifs is 1. The van der Waals surface area contributed by atoms with E-state index in [0.717, 1.165) is 47.3 Å². The fraction of sp³-hybridized carbons (Fsp3) is 0.320. The second-order valence-corrected chi connectivity index (χ2v) is 9.39. The molecule has 0 unspecified atom stereocenters. The van der Waals surface area contributed by atoms with Gasteiger partial charge in [0.1, 0.15) is 11.5 Å². The molecule has 1 aliphatic rings. The predicted molar refractivity (Wildman–Crippen MR) is 134 cm³/mol. The normalized spacial score (nSPS) is 14.4. The number of methoxy groups -OCH3 is 2. The van der Waals surface area contributed by atoms with E-state index in [2.05, 4.69) is 41.4 Å². The first-order valence-electron chi connectivity index (χ1n) is 11.2. The van der Waals surface area contributed by atoms with Crippen LogP contribution in [0, 0.1) is 12.8 Å². The first-order valence-corrected chi connectivity index (χ1v) is 12.1. The van der Waals surface area contributed by atoms with Gasteiger partial charge in [-0.05, 0) is 19.8 Å². The maximum Gasteiger partial charge on any atom is 0.227 e. The maximum atomic E-state index is 12.9. The van der Waals surface area contributed by atoms with Crippen LogP contribution in [-0.4, -0.2) is 47.8 Å². The van der Waals surface area contributed by atoms with Gasteiger partial charge in [-0.1, -0.05) is 41.2 Å². The molecule has 0 bridgehead atoms. The highest BCUT2D eigenvalue weighted by molar-refractivity contribution is 7.20. The summed E-state index contributed by atoms with van der Waals surface area (Å²) in [6.45, 7) is 3.63. The number of carbonyl (C=O) groups excluding carboxylic acids is 1. The third-order valence-corrected chi connectivity index (χ3v) is 7.12. The van der Waals surface area contributed by atoms with Crippen LogP contribution in [0.15, 0.2) is 48.7 Å². The third-order valence-electron chi connectivity index (χ3n) is 6.14. The summed E-state index contributed by atoms with van der Waals surface area (Å²) in [6, 6.07) is 13.7. The third kappa shape index (κ3) is 4.56. The van der Waals surface area contributed by atoms with Gasteiger partial charge in [0.25, 0.3) is 0 Å². The summed E-state index contributed by atoms with van der Waals surface area (Å²) in [5.41, 5.74) is 3.92. The van der Waals surface area contributed by atoms with Gasteiger partial charge in [0.05, 0.1) is 26.1 Å². The van der Waals surface area contributed by atoms with Crippen LogP contribution in [0.25, 0.3) is 16.2 Å². The average Bonchev–Trinajstić information content (AvgIpc) is 3.44. The minimum atomic E-state index is -0.0503. The fourth-order valence-corrected chi connectivity index (χ4v) is 5.07. The van der Waals surface area contributed by atoms with Gasteiger partial charge >= 0.3 is 0 Å². The molecule has 34 heavy (non-hydrogen) atoms. The molecule has 1 N–H and O–H groups in total. The molecular formula is C25H27N5O3S. The highest BCUT2D eigenvalue weighted by Gasteiger charge is 2.27. The zero-order valence-electron chi connectivity index (χ0n) is 19.4. The van der Waals surface area contributed by atoms with Crippen LogP contribution in [0.5, 0.6) is 11.5 Å². The van der Waals surface area contributed by atoms with Crippen LogP contribution in [0.2, 0.25) is 0 Å². The average molecular weight is 478 g/mol.